The maximum Gasteiger partial charge on any atom is 0.268 e. The fraction of sp³-hybridized carbons (Fsp3) is 0.667. The molecule has 1 aromatic rings. The molecule has 0 unspecified atom stereocenters. The highest BCUT2D eigenvalue weighted by molar-refractivity contribution is 5.93. The van der Waals surface area contributed by atoms with Gasteiger partial charge in [-0.05, 0) is 37.4 Å². The van der Waals surface area contributed by atoms with Gasteiger partial charge in [-0.25, -0.2) is 5.84 Å². The van der Waals surface area contributed by atoms with Gasteiger partial charge in [0.25, 0.3) is 5.91 Å². The minimum Gasteiger partial charge on any atom is -0.467 e. The van der Waals surface area contributed by atoms with Crippen molar-refractivity contribution in [3.63, 3.8) is 0 Å². The van der Waals surface area contributed by atoms with E-state index in [1.54, 1.807) is 6.07 Å². The summed E-state index contributed by atoms with van der Waals surface area (Å²) in [4.78, 5) is 13.8. The number of carbonyl (C=O) groups excluding carboxylic acids is 1. The number of furan rings is 1. The van der Waals surface area contributed by atoms with Gasteiger partial charge in [-0.15, -0.1) is 0 Å². The maximum absolute atomic E-state index is 11.4. The van der Waals surface area contributed by atoms with Crippen LogP contribution in [0.5, 0.6) is 0 Å². The highest BCUT2D eigenvalue weighted by Crippen LogP contribution is 2.38. The van der Waals surface area contributed by atoms with E-state index in [-0.39, 0.29) is 5.91 Å². The molecule has 1 aromatic heterocycles. The number of piperidine rings is 1. The molecule has 3 N–H and O–H groups in total. The van der Waals surface area contributed by atoms with Gasteiger partial charge in [0.05, 0.1) is 12.1 Å². The van der Waals surface area contributed by atoms with Crippen molar-refractivity contribution in [1.29, 1.82) is 0 Å². The van der Waals surface area contributed by atoms with Gasteiger partial charge >= 0.3 is 0 Å². The number of nitrogens with one attached hydrogen (secondary N) is 1. The molecule has 20 heavy (non-hydrogen) atoms. The number of nitrogens with two attached hydrogens (primary N) is 1. The number of carbonyl (C=O) groups is 1. The minimum atomic E-state index is -0.311. The molecule has 0 radical (unpaired) electrons. The first kappa shape index (κ1) is 15.1. The van der Waals surface area contributed by atoms with Gasteiger partial charge in [0, 0.05) is 0 Å². The van der Waals surface area contributed by atoms with Crippen LogP contribution in [-0.4, -0.2) is 23.9 Å². The third-order valence-corrected chi connectivity index (χ3v) is 4.84. The molecular formula is C15H25N3O2. The quantitative estimate of drug-likeness (QED) is 0.493. The predicted molar refractivity (Wildman–Crippen MR) is 77.9 cm³/mol. The lowest BCUT2D eigenvalue weighted by Crippen LogP contribution is -2.39. The molecular weight excluding hydrogens is 254 g/mol. The summed E-state index contributed by atoms with van der Waals surface area (Å²) in [7, 11) is 0. The molecule has 1 saturated heterocycles. The molecule has 2 rings (SSSR count). The highest BCUT2D eigenvalue weighted by Gasteiger charge is 2.31. The SMILES string of the molecule is CCC1(CC)CCN(Cc2cc(C(=O)NN)co2)CC1. The van der Waals surface area contributed by atoms with E-state index < -0.39 is 0 Å². The predicted octanol–water partition coefficient (Wildman–Crippen LogP) is 2.29. The van der Waals surface area contributed by atoms with Crippen LogP contribution in [0.15, 0.2) is 16.7 Å². The molecule has 1 amide bonds. The minimum absolute atomic E-state index is 0.311. The number of hydrogen-bond acceptors (Lipinski definition) is 4. The molecule has 0 atom stereocenters. The lowest BCUT2D eigenvalue weighted by Gasteiger charge is -2.40. The average molecular weight is 279 g/mol. The van der Waals surface area contributed by atoms with Crippen molar-refractivity contribution in [3.8, 4) is 0 Å². The van der Waals surface area contributed by atoms with Crippen molar-refractivity contribution in [3.05, 3.63) is 23.7 Å². The van der Waals surface area contributed by atoms with E-state index in [1.165, 1.54) is 31.9 Å². The first-order valence-electron chi connectivity index (χ1n) is 7.43. The largest absolute Gasteiger partial charge is 0.467 e. The molecule has 0 spiro atoms. The van der Waals surface area contributed by atoms with Crippen molar-refractivity contribution >= 4 is 5.91 Å². The second-order valence-corrected chi connectivity index (χ2v) is 5.76. The first-order chi connectivity index (χ1) is 9.62. The summed E-state index contributed by atoms with van der Waals surface area (Å²) in [6.45, 7) is 7.55. The molecule has 112 valence electrons. The zero-order valence-corrected chi connectivity index (χ0v) is 12.4. The first-order valence-corrected chi connectivity index (χ1v) is 7.43. The van der Waals surface area contributed by atoms with Crippen LogP contribution in [0.25, 0.3) is 0 Å². The summed E-state index contributed by atoms with van der Waals surface area (Å²) in [5, 5.41) is 0. The second-order valence-electron chi connectivity index (χ2n) is 5.76. The number of hydrazine groups is 1. The van der Waals surface area contributed by atoms with Gasteiger partial charge in [-0.1, -0.05) is 26.7 Å². The van der Waals surface area contributed by atoms with Gasteiger partial charge in [0.2, 0.25) is 0 Å². The van der Waals surface area contributed by atoms with Crippen LogP contribution in [0.4, 0.5) is 0 Å². The molecule has 2 heterocycles. The summed E-state index contributed by atoms with van der Waals surface area (Å²) in [6.07, 6.45) is 6.48. The van der Waals surface area contributed by atoms with Crippen molar-refractivity contribution in [2.75, 3.05) is 13.1 Å². The molecule has 0 aromatic carbocycles. The van der Waals surface area contributed by atoms with E-state index in [1.807, 2.05) is 0 Å². The second kappa shape index (κ2) is 6.41. The number of amides is 1. The van der Waals surface area contributed by atoms with Gasteiger partial charge in [0.15, 0.2) is 0 Å². The number of nitrogen functional groups attached to an aromatic ring is 1. The molecule has 1 aliphatic heterocycles. The zero-order valence-electron chi connectivity index (χ0n) is 12.4. The van der Waals surface area contributed by atoms with Crippen LogP contribution in [-0.2, 0) is 6.54 Å². The maximum atomic E-state index is 11.4. The summed E-state index contributed by atoms with van der Waals surface area (Å²) >= 11 is 0. The fourth-order valence-electron chi connectivity index (χ4n) is 3.03. The van der Waals surface area contributed by atoms with Crippen LogP contribution in [0.3, 0.4) is 0 Å². The van der Waals surface area contributed by atoms with Crippen LogP contribution >= 0.6 is 0 Å². The lowest BCUT2D eigenvalue weighted by molar-refractivity contribution is 0.0863. The monoisotopic (exact) mass is 279 g/mol. The molecule has 5 heteroatoms. The van der Waals surface area contributed by atoms with E-state index in [0.29, 0.717) is 11.0 Å². The Morgan fingerprint density at radius 1 is 1.40 bits per heavy atom. The number of hydrogen-bond donors (Lipinski definition) is 2. The van der Waals surface area contributed by atoms with Gasteiger partial charge in [-0.2, -0.15) is 0 Å². The van der Waals surface area contributed by atoms with Gasteiger partial charge in [0.1, 0.15) is 12.0 Å². The van der Waals surface area contributed by atoms with Crippen LogP contribution < -0.4 is 11.3 Å². The van der Waals surface area contributed by atoms with Crippen LogP contribution in [0.2, 0.25) is 0 Å². The standard InChI is InChI=1S/C15H25N3O2/c1-3-15(4-2)5-7-18(8-6-15)10-13-9-12(11-20-13)14(19)17-16/h9,11H,3-8,10,16H2,1-2H3,(H,17,19). The lowest BCUT2D eigenvalue weighted by atomic mass is 9.74. The third kappa shape index (κ3) is 3.22. The molecule has 1 fully saturated rings. The Kier molecular flexibility index (Phi) is 4.83. The van der Waals surface area contributed by atoms with Crippen LogP contribution in [0, 0.1) is 5.41 Å². The van der Waals surface area contributed by atoms with Crippen molar-refractivity contribution in [1.82, 2.24) is 10.3 Å². The van der Waals surface area contributed by atoms with Crippen LogP contribution in [0.1, 0.15) is 55.6 Å². The van der Waals surface area contributed by atoms with Crippen molar-refractivity contribution in [2.45, 2.75) is 46.1 Å². The smallest absolute Gasteiger partial charge is 0.268 e. The Labute approximate surface area is 120 Å². The van der Waals surface area contributed by atoms with Crippen molar-refractivity contribution in [2.24, 2.45) is 11.3 Å². The Morgan fingerprint density at radius 3 is 2.60 bits per heavy atom. The Bertz CT molecular complexity index is 442. The Morgan fingerprint density at radius 2 is 2.05 bits per heavy atom. The van der Waals surface area contributed by atoms with E-state index in [4.69, 9.17) is 10.3 Å². The van der Waals surface area contributed by atoms with E-state index in [9.17, 15) is 4.79 Å². The molecule has 1 aliphatic rings. The van der Waals surface area contributed by atoms with Gasteiger partial charge in [-0.3, -0.25) is 15.1 Å². The Hall–Kier alpha value is -1.33. The van der Waals surface area contributed by atoms with Gasteiger partial charge < -0.3 is 4.42 Å². The van der Waals surface area contributed by atoms with E-state index in [2.05, 4.69) is 24.2 Å². The molecule has 0 saturated carbocycles. The molecule has 5 nitrogen and oxygen atoms in total. The van der Waals surface area contributed by atoms with E-state index in [0.717, 1.165) is 25.4 Å². The summed E-state index contributed by atoms with van der Waals surface area (Å²) in [5.41, 5.74) is 3.13. The summed E-state index contributed by atoms with van der Waals surface area (Å²) < 4.78 is 5.44. The topological polar surface area (TPSA) is 71.5 Å². The highest BCUT2D eigenvalue weighted by atomic mass is 16.3. The average Bonchev–Trinajstić information content (AvgIpc) is 2.96. The normalized spacial score (nSPS) is 18.9. The van der Waals surface area contributed by atoms with E-state index >= 15 is 0 Å². The van der Waals surface area contributed by atoms with Crippen molar-refractivity contribution < 1.29 is 9.21 Å². The summed E-state index contributed by atoms with van der Waals surface area (Å²) in [5.74, 6) is 5.62. The molecule has 0 bridgehead atoms. The zero-order chi connectivity index (χ0) is 14.6. The number of nitrogens with zero attached hydrogens (tertiary/aromatic N) is 1. The Balaban J connectivity index is 1.89. The summed E-state index contributed by atoms with van der Waals surface area (Å²) in [6, 6.07) is 1.77. The fourth-order valence-corrected chi connectivity index (χ4v) is 3.03. The molecule has 0 aliphatic carbocycles. The third-order valence-electron chi connectivity index (χ3n) is 4.84. The number of likely N-dealkylation sites (tertiary alicyclic amines) is 1. The number of rotatable bonds is 5.